The molecule has 0 aromatic heterocycles. The summed E-state index contributed by atoms with van der Waals surface area (Å²) in [6.45, 7) is 5.66. The smallest absolute Gasteiger partial charge is 0.237 e. The summed E-state index contributed by atoms with van der Waals surface area (Å²) in [6.07, 6.45) is 2.02. The van der Waals surface area contributed by atoms with E-state index in [9.17, 15) is 4.79 Å². The molecular weight excluding hydrogens is 286 g/mol. The van der Waals surface area contributed by atoms with Crippen molar-refractivity contribution in [2.45, 2.75) is 38.8 Å². The van der Waals surface area contributed by atoms with Crippen molar-refractivity contribution < 1.29 is 4.79 Å². The summed E-state index contributed by atoms with van der Waals surface area (Å²) in [5.74, 6) is 0.0873. The molecule has 5 heteroatoms. The van der Waals surface area contributed by atoms with E-state index < -0.39 is 6.04 Å². The van der Waals surface area contributed by atoms with Gasteiger partial charge in [-0.05, 0) is 30.9 Å². The van der Waals surface area contributed by atoms with Gasteiger partial charge in [0.25, 0.3) is 0 Å². The van der Waals surface area contributed by atoms with Crippen LogP contribution >= 0.6 is 11.6 Å². The highest BCUT2D eigenvalue weighted by Gasteiger charge is 2.25. The molecule has 2 rings (SSSR count). The third-order valence-corrected chi connectivity index (χ3v) is 4.30. The maximum absolute atomic E-state index is 12.1. The standard InChI is InChI=1S/C16H24ClN3O/c1-11(2)15(18)16(21)19-12-6-5-9-20(10-12)14-8-4-3-7-13(14)17/h3-4,7-8,11-12,15H,5-6,9-10,18H2,1-2H3,(H,19,21)/t12?,15-/m0/s1. The van der Waals surface area contributed by atoms with Gasteiger partial charge in [-0.25, -0.2) is 0 Å². The number of hydrogen-bond acceptors (Lipinski definition) is 3. The number of anilines is 1. The Kier molecular flexibility index (Phi) is 5.48. The maximum atomic E-state index is 12.1. The SMILES string of the molecule is CC(C)[C@H](N)C(=O)NC1CCCN(c2ccccc2Cl)C1. The number of para-hydroxylation sites is 1. The van der Waals surface area contributed by atoms with Gasteiger partial charge < -0.3 is 16.0 Å². The predicted octanol–water partition coefficient (Wildman–Crippen LogP) is 2.41. The molecule has 0 spiro atoms. The second-order valence-corrected chi connectivity index (χ2v) is 6.42. The summed E-state index contributed by atoms with van der Waals surface area (Å²) >= 11 is 6.25. The fourth-order valence-corrected chi connectivity index (χ4v) is 2.88. The van der Waals surface area contributed by atoms with Crippen LogP contribution in [0.3, 0.4) is 0 Å². The van der Waals surface area contributed by atoms with Gasteiger partial charge >= 0.3 is 0 Å². The van der Waals surface area contributed by atoms with Crippen LogP contribution in [-0.2, 0) is 4.79 Å². The van der Waals surface area contributed by atoms with Crippen LogP contribution in [0.25, 0.3) is 0 Å². The van der Waals surface area contributed by atoms with Crippen molar-refractivity contribution in [1.29, 1.82) is 0 Å². The average Bonchev–Trinajstić information content (AvgIpc) is 2.47. The molecule has 1 unspecified atom stereocenters. The Balaban J connectivity index is 1.98. The molecule has 1 aliphatic rings. The average molecular weight is 310 g/mol. The Morgan fingerprint density at radius 3 is 2.81 bits per heavy atom. The Bertz CT molecular complexity index is 492. The number of nitrogens with zero attached hydrogens (tertiary/aromatic N) is 1. The highest BCUT2D eigenvalue weighted by molar-refractivity contribution is 6.33. The minimum Gasteiger partial charge on any atom is -0.368 e. The van der Waals surface area contributed by atoms with Gasteiger partial charge in [0.2, 0.25) is 5.91 Å². The number of benzene rings is 1. The molecule has 1 aliphatic heterocycles. The molecule has 1 aromatic rings. The number of rotatable bonds is 4. The summed E-state index contributed by atoms with van der Waals surface area (Å²) in [5, 5.41) is 3.82. The van der Waals surface area contributed by atoms with E-state index in [1.54, 1.807) is 0 Å². The van der Waals surface area contributed by atoms with Gasteiger partial charge in [-0.3, -0.25) is 4.79 Å². The van der Waals surface area contributed by atoms with Crippen LogP contribution in [0.2, 0.25) is 5.02 Å². The van der Waals surface area contributed by atoms with E-state index in [0.29, 0.717) is 0 Å². The summed E-state index contributed by atoms with van der Waals surface area (Å²) in [4.78, 5) is 14.3. The first kappa shape index (κ1) is 16.1. The minimum atomic E-state index is -0.444. The number of carbonyl (C=O) groups is 1. The monoisotopic (exact) mass is 309 g/mol. The summed E-state index contributed by atoms with van der Waals surface area (Å²) < 4.78 is 0. The first-order valence-electron chi connectivity index (χ1n) is 7.54. The molecule has 1 fully saturated rings. The Labute approximate surface area is 131 Å². The van der Waals surface area contributed by atoms with Gasteiger partial charge in [0.1, 0.15) is 0 Å². The number of piperidine rings is 1. The van der Waals surface area contributed by atoms with E-state index in [1.165, 1.54) is 0 Å². The number of amides is 1. The molecule has 4 nitrogen and oxygen atoms in total. The third kappa shape index (κ3) is 4.11. The highest BCUT2D eigenvalue weighted by Crippen LogP contribution is 2.27. The molecule has 3 N–H and O–H groups in total. The van der Waals surface area contributed by atoms with Gasteiger partial charge in [0.15, 0.2) is 0 Å². The zero-order valence-corrected chi connectivity index (χ0v) is 13.4. The van der Waals surface area contributed by atoms with Crippen LogP contribution in [0.1, 0.15) is 26.7 Å². The number of halogens is 1. The topological polar surface area (TPSA) is 58.4 Å². The van der Waals surface area contributed by atoms with Crippen LogP contribution in [0.4, 0.5) is 5.69 Å². The molecule has 0 aliphatic carbocycles. The van der Waals surface area contributed by atoms with Crippen LogP contribution in [0.15, 0.2) is 24.3 Å². The zero-order valence-electron chi connectivity index (χ0n) is 12.7. The Morgan fingerprint density at radius 2 is 2.14 bits per heavy atom. The van der Waals surface area contributed by atoms with Crippen molar-refractivity contribution in [2.24, 2.45) is 11.7 Å². The molecule has 1 amide bonds. The van der Waals surface area contributed by atoms with Crippen LogP contribution in [0.5, 0.6) is 0 Å². The van der Waals surface area contributed by atoms with Gasteiger partial charge in [-0.2, -0.15) is 0 Å². The van der Waals surface area contributed by atoms with E-state index in [2.05, 4.69) is 10.2 Å². The van der Waals surface area contributed by atoms with E-state index in [4.69, 9.17) is 17.3 Å². The van der Waals surface area contributed by atoms with Gasteiger partial charge in [-0.15, -0.1) is 0 Å². The van der Waals surface area contributed by atoms with Crippen LogP contribution in [0, 0.1) is 5.92 Å². The van der Waals surface area contributed by atoms with Crippen molar-refractivity contribution in [3.63, 3.8) is 0 Å². The van der Waals surface area contributed by atoms with Crippen molar-refractivity contribution in [3.8, 4) is 0 Å². The number of nitrogens with one attached hydrogen (secondary N) is 1. The largest absolute Gasteiger partial charge is 0.368 e. The maximum Gasteiger partial charge on any atom is 0.237 e. The molecule has 0 radical (unpaired) electrons. The molecule has 1 saturated heterocycles. The summed E-state index contributed by atoms with van der Waals surface area (Å²) in [7, 11) is 0. The first-order valence-corrected chi connectivity index (χ1v) is 7.92. The van der Waals surface area contributed by atoms with E-state index in [0.717, 1.165) is 36.6 Å². The quantitative estimate of drug-likeness (QED) is 0.898. The lowest BCUT2D eigenvalue weighted by Gasteiger charge is -2.35. The summed E-state index contributed by atoms with van der Waals surface area (Å²) in [5.41, 5.74) is 6.93. The van der Waals surface area contributed by atoms with Crippen LogP contribution < -0.4 is 16.0 Å². The second-order valence-electron chi connectivity index (χ2n) is 6.01. The molecule has 2 atom stereocenters. The first-order chi connectivity index (χ1) is 9.99. The normalized spacial score (nSPS) is 20.4. The fraction of sp³-hybridized carbons (Fsp3) is 0.562. The van der Waals surface area contributed by atoms with Crippen molar-refractivity contribution >= 4 is 23.2 Å². The van der Waals surface area contributed by atoms with Crippen molar-refractivity contribution in [3.05, 3.63) is 29.3 Å². The zero-order chi connectivity index (χ0) is 15.4. The molecule has 0 bridgehead atoms. The lowest BCUT2D eigenvalue weighted by molar-refractivity contribution is -0.124. The van der Waals surface area contributed by atoms with Gasteiger partial charge in [0.05, 0.1) is 16.8 Å². The Hall–Kier alpha value is -1.26. The van der Waals surface area contributed by atoms with Crippen LogP contribution in [-0.4, -0.2) is 31.1 Å². The minimum absolute atomic E-state index is 0.0593. The van der Waals surface area contributed by atoms with Crippen molar-refractivity contribution in [1.82, 2.24) is 5.32 Å². The molecule has 0 saturated carbocycles. The second kappa shape index (κ2) is 7.14. The lowest BCUT2D eigenvalue weighted by Crippen LogP contribution is -2.53. The molecule has 1 heterocycles. The molecular formula is C16H24ClN3O. The molecule has 116 valence electrons. The number of hydrogen-bond donors (Lipinski definition) is 2. The number of carbonyl (C=O) groups excluding carboxylic acids is 1. The highest BCUT2D eigenvalue weighted by atomic mass is 35.5. The Morgan fingerprint density at radius 1 is 1.43 bits per heavy atom. The lowest BCUT2D eigenvalue weighted by atomic mass is 10.0. The van der Waals surface area contributed by atoms with Gasteiger partial charge in [0, 0.05) is 19.1 Å². The van der Waals surface area contributed by atoms with E-state index >= 15 is 0 Å². The summed E-state index contributed by atoms with van der Waals surface area (Å²) in [6, 6.07) is 7.52. The fourth-order valence-electron chi connectivity index (χ4n) is 2.62. The van der Waals surface area contributed by atoms with Crippen molar-refractivity contribution in [2.75, 3.05) is 18.0 Å². The molecule has 1 aromatic carbocycles. The van der Waals surface area contributed by atoms with E-state index in [1.807, 2.05) is 38.1 Å². The third-order valence-electron chi connectivity index (χ3n) is 3.98. The predicted molar refractivity (Wildman–Crippen MR) is 87.6 cm³/mol. The molecule has 21 heavy (non-hydrogen) atoms. The number of nitrogens with two attached hydrogens (primary N) is 1. The van der Waals surface area contributed by atoms with E-state index in [-0.39, 0.29) is 17.9 Å². The van der Waals surface area contributed by atoms with Gasteiger partial charge in [-0.1, -0.05) is 37.6 Å².